The summed E-state index contributed by atoms with van der Waals surface area (Å²) in [7, 11) is -3.81. The van der Waals surface area contributed by atoms with E-state index in [1.165, 1.54) is 44.9 Å². The second-order valence-corrected chi connectivity index (χ2v) is 8.21. The molecule has 0 aliphatic heterocycles. The van der Waals surface area contributed by atoms with Gasteiger partial charge in [0.15, 0.2) is 0 Å². The lowest BCUT2D eigenvalue weighted by Gasteiger charge is -2.09. The fraction of sp³-hybridized carbons (Fsp3) is 0.632. The van der Waals surface area contributed by atoms with Gasteiger partial charge in [-0.3, -0.25) is 4.28 Å². The minimum atomic E-state index is -3.81. The van der Waals surface area contributed by atoms with E-state index in [1.54, 1.807) is 24.3 Å². The maximum Gasteiger partial charge on any atom is 0.358 e. The highest BCUT2D eigenvalue weighted by molar-refractivity contribution is 7.86. The van der Waals surface area contributed by atoms with Crippen LogP contribution in [0.15, 0.2) is 34.3 Å². The largest absolute Gasteiger partial charge is 0.358 e. The lowest BCUT2D eigenvalue weighted by atomic mass is 10.00. The van der Waals surface area contributed by atoms with Crippen LogP contribution < -0.4 is 0 Å². The molecule has 0 spiro atoms. The first-order valence-electron chi connectivity index (χ1n) is 9.14. The molecule has 0 saturated heterocycles. The van der Waals surface area contributed by atoms with Crippen LogP contribution in [0.1, 0.15) is 76.2 Å². The summed E-state index contributed by atoms with van der Waals surface area (Å²) in [6.45, 7) is 1.92. The second-order valence-electron chi connectivity index (χ2n) is 6.68. The monoisotopic (exact) mass is 351 g/mol. The van der Waals surface area contributed by atoms with E-state index in [0.717, 1.165) is 37.0 Å². The average molecular weight is 352 g/mol. The van der Waals surface area contributed by atoms with Gasteiger partial charge in [0.1, 0.15) is 4.90 Å². The van der Waals surface area contributed by atoms with E-state index in [2.05, 4.69) is 5.16 Å². The van der Waals surface area contributed by atoms with Crippen molar-refractivity contribution in [3.8, 4) is 0 Å². The van der Waals surface area contributed by atoms with Gasteiger partial charge in [-0.2, -0.15) is 8.42 Å². The van der Waals surface area contributed by atoms with Crippen LogP contribution in [-0.2, 0) is 14.4 Å². The molecule has 0 heterocycles. The molecule has 24 heavy (non-hydrogen) atoms. The number of hydrogen-bond acceptors (Lipinski definition) is 4. The van der Waals surface area contributed by atoms with Crippen molar-refractivity contribution in [1.29, 1.82) is 0 Å². The molecule has 0 bridgehead atoms. The molecule has 1 fully saturated rings. The topological polar surface area (TPSA) is 55.7 Å². The Balaban J connectivity index is 1.98. The first-order chi connectivity index (χ1) is 11.6. The molecular formula is C19H29NO3S. The highest BCUT2D eigenvalue weighted by Crippen LogP contribution is 2.17. The molecule has 1 aliphatic carbocycles. The first-order valence-corrected chi connectivity index (χ1v) is 10.5. The van der Waals surface area contributed by atoms with Crippen LogP contribution in [0, 0.1) is 6.92 Å². The van der Waals surface area contributed by atoms with Crippen molar-refractivity contribution in [2.75, 3.05) is 0 Å². The smallest absolute Gasteiger partial charge is 0.265 e. The summed E-state index contributed by atoms with van der Waals surface area (Å²) in [6, 6.07) is 6.65. The quantitative estimate of drug-likeness (QED) is 0.689. The predicted octanol–water partition coefficient (Wildman–Crippen LogP) is 5.36. The van der Waals surface area contributed by atoms with Crippen molar-refractivity contribution in [2.24, 2.45) is 5.16 Å². The summed E-state index contributed by atoms with van der Waals surface area (Å²) in [5, 5.41) is 4.01. The van der Waals surface area contributed by atoms with Crippen LogP contribution in [0.3, 0.4) is 0 Å². The van der Waals surface area contributed by atoms with Gasteiger partial charge in [-0.05, 0) is 44.7 Å². The van der Waals surface area contributed by atoms with Gasteiger partial charge >= 0.3 is 10.1 Å². The Morgan fingerprint density at radius 1 is 0.792 bits per heavy atom. The normalized spacial score (nSPS) is 18.3. The highest BCUT2D eigenvalue weighted by atomic mass is 32.2. The van der Waals surface area contributed by atoms with E-state index in [9.17, 15) is 8.42 Å². The van der Waals surface area contributed by atoms with E-state index in [1.807, 2.05) is 6.92 Å². The van der Waals surface area contributed by atoms with Gasteiger partial charge in [0.25, 0.3) is 0 Å². The predicted molar refractivity (Wildman–Crippen MR) is 97.7 cm³/mol. The van der Waals surface area contributed by atoms with Crippen molar-refractivity contribution in [2.45, 2.75) is 82.4 Å². The molecule has 1 aromatic rings. The first kappa shape index (κ1) is 19.0. The SMILES string of the molecule is Cc1ccc(S(=O)(=O)ON=C2CCCCCCCCCCC2)cc1. The number of hydrogen-bond donors (Lipinski definition) is 0. The summed E-state index contributed by atoms with van der Waals surface area (Å²) >= 11 is 0. The van der Waals surface area contributed by atoms with E-state index in [-0.39, 0.29) is 4.90 Å². The Bertz CT molecular complexity index is 607. The summed E-state index contributed by atoms with van der Waals surface area (Å²) in [5.41, 5.74) is 1.89. The maximum atomic E-state index is 12.2. The van der Waals surface area contributed by atoms with Crippen LogP contribution in [-0.4, -0.2) is 14.1 Å². The molecule has 1 aromatic carbocycles. The van der Waals surface area contributed by atoms with Crippen molar-refractivity contribution >= 4 is 15.8 Å². The van der Waals surface area contributed by atoms with Crippen LogP contribution in [0.25, 0.3) is 0 Å². The summed E-state index contributed by atoms with van der Waals surface area (Å²) in [6.07, 6.45) is 12.7. The zero-order valence-electron chi connectivity index (χ0n) is 14.7. The van der Waals surface area contributed by atoms with Crippen LogP contribution >= 0.6 is 0 Å². The standard InChI is InChI=1S/C19H29NO3S/c1-17-13-15-19(16-14-17)24(21,22)23-20-18-11-9-7-5-3-2-4-6-8-10-12-18/h13-16H,2-12H2,1H3. The minimum absolute atomic E-state index is 0.158. The molecule has 0 atom stereocenters. The summed E-state index contributed by atoms with van der Waals surface area (Å²) < 4.78 is 29.4. The van der Waals surface area contributed by atoms with Crippen molar-refractivity contribution in [3.05, 3.63) is 29.8 Å². The van der Waals surface area contributed by atoms with E-state index < -0.39 is 10.1 Å². The van der Waals surface area contributed by atoms with Gasteiger partial charge in [0.2, 0.25) is 0 Å². The average Bonchev–Trinajstić information content (AvgIpc) is 2.55. The minimum Gasteiger partial charge on any atom is -0.265 e. The number of nitrogens with zero attached hydrogens (tertiary/aromatic N) is 1. The Hall–Kier alpha value is -1.36. The molecular weight excluding hydrogens is 322 g/mol. The number of oxime groups is 1. The van der Waals surface area contributed by atoms with Crippen molar-refractivity contribution in [3.63, 3.8) is 0 Å². The second kappa shape index (κ2) is 9.82. The maximum absolute atomic E-state index is 12.2. The summed E-state index contributed by atoms with van der Waals surface area (Å²) in [5.74, 6) is 0. The van der Waals surface area contributed by atoms with Gasteiger partial charge < -0.3 is 0 Å². The highest BCUT2D eigenvalue weighted by Gasteiger charge is 2.16. The molecule has 134 valence electrons. The lowest BCUT2D eigenvalue weighted by Crippen LogP contribution is -2.07. The molecule has 4 nitrogen and oxygen atoms in total. The zero-order chi connectivity index (χ0) is 17.3. The van der Waals surface area contributed by atoms with Crippen LogP contribution in [0.4, 0.5) is 0 Å². The fourth-order valence-electron chi connectivity index (χ4n) is 2.96. The molecule has 0 aromatic heterocycles. The Morgan fingerprint density at radius 2 is 1.25 bits per heavy atom. The Labute approximate surface area is 146 Å². The fourth-order valence-corrected chi connectivity index (χ4v) is 3.72. The zero-order valence-corrected chi connectivity index (χ0v) is 15.5. The van der Waals surface area contributed by atoms with Gasteiger partial charge in [0, 0.05) is 0 Å². The lowest BCUT2D eigenvalue weighted by molar-refractivity contribution is 0.335. The van der Waals surface area contributed by atoms with Crippen LogP contribution in [0.2, 0.25) is 0 Å². The van der Waals surface area contributed by atoms with Gasteiger partial charge in [-0.15, -0.1) is 0 Å². The molecule has 0 unspecified atom stereocenters. The molecule has 1 aliphatic rings. The third-order valence-corrected chi connectivity index (χ3v) is 5.63. The van der Waals surface area contributed by atoms with E-state index in [0.29, 0.717) is 0 Å². The molecule has 0 N–H and O–H groups in total. The number of aryl methyl sites for hydroxylation is 1. The van der Waals surface area contributed by atoms with Gasteiger partial charge in [0.05, 0.1) is 5.71 Å². The third-order valence-electron chi connectivity index (χ3n) is 4.50. The Morgan fingerprint density at radius 3 is 1.75 bits per heavy atom. The molecule has 0 radical (unpaired) electrons. The van der Waals surface area contributed by atoms with Gasteiger partial charge in [-0.25, -0.2) is 0 Å². The van der Waals surface area contributed by atoms with Crippen molar-refractivity contribution < 1.29 is 12.7 Å². The van der Waals surface area contributed by atoms with E-state index >= 15 is 0 Å². The Kier molecular flexibility index (Phi) is 7.76. The molecule has 1 saturated carbocycles. The van der Waals surface area contributed by atoms with Gasteiger partial charge in [-0.1, -0.05) is 67.8 Å². The van der Waals surface area contributed by atoms with Crippen molar-refractivity contribution in [1.82, 2.24) is 0 Å². The third kappa shape index (κ3) is 6.63. The molecule has 5 heteroatoms. The molecule has 2 rings (SSSR count). The van der Waals surface area contributed by atoms with Crippen LogP contribution in [0.5, 0.6) is 0 Å². The number of benzene rings is 1. The number of rotatable bonds is 3. The summed E-state index contributed by atoms with van der Waals surface area (Å²) in [4.78, 5) is 0.158. The molecule has 0 amide bonds. The van der Waals surface area contributed by atoms with E-state index in [4.69, 9.17) is 4.28 Å².